The van der Waals surface area contributed by atoms with Crippen molar-refractivity contribution in [2.24, 2.45) is 0 Å². The first-order chi connectivity index (χ1) is 11.6. The van der Waals surface area contributed by atoms with E-state index >= 15 is 0 Å². The average molecular weight is 322 g/mol. The lowest BCUT2D eigenvalue weighted by atomic mass is 10.1. The van der Waals surface area contributed by atoms with Gasteiger partial charge in [-0.25, -0.2) is 0 Å². The van der Waals surface area contributed by atoms with Crippen molar-refractivity contribution in [1.82, 2.24) is 10.2 Å². The van der Waals surface area contributed by atoms with Gasteiger partial charge in [-0.1, -0.05) is 42.5 Å². The summed E-state index contributed by atoms with van der Waals surface area (Å²) in [5.74, 6) is -1.16. The minimum absolute atomic E-state index is 0.333. The van der Waals surface area contributed by atoms with E-state index in [0.717, 1.165) is 10.5 Å². The number of fused-ring (bicyclic) bond motifs is 1. The van der Waals surface area contributed by atoms with Crippen molar-refractivity contribution in [2.45, 2.75) is 19.4 Å². The van der Waals surface area contributed by atoms with Gasteiger partial charge in [-0.05, 0) is 31.0 Å². The lowest BCUT2D eigenvalue weighted by Gasteiger charge is -2.21. The van der Waals surface area contributed by atoms with Gasteiger partial charge >= 0.3 is 0 Å². The molecule has 5 heteroatoms. The van der Waals surface area contributed by atoms with Gasteiger partial charge in [0, 0.05) is 6.54 Å². The van der Waals surface area contributed by atoms with Crippen LogP contribution in [0.1, 0.15) is 33.2 Å². The normalized spacial score (nSPS) is 14.5. The molecule has 1 atom stereocenters. The van der Waals surface area contributed by atoms with Crippen LogP contribution in [0.3, 0.4) is 0 Å². The van der Waals surface area contributed by atoms with E-state index in [4.69, 9.17) is 0 Å². The molecule has 1 heterocycles. The zero-order chi connectivity index (χ0) is 17.1. The summed E-state index contributed by atoms with van der Waals surface area (Å²) in [5.41, 5.74) is 1.82. The number of hydrogen-bond donors (Lipinski definition) is 1. The summed E-state index contributed by atoms with van der Waals surface area (Å²) in [6.45, 7) is 2.02. The molecule has 0 spiro atoms. The standard InChI is InChI=1S/C19H18N2O3/c1-13(17(22)20-12-11-14-7-3-2-4-8-14)21-18(23)15-9-5-6-10-16(15)19(21)24/h2-10,13H,11-12H2,1H3,(H,20,22). The van der Waals surface area contributed by atoms with Crippen LogP contribution in [0.4, 0.5) is 0 Å². The summed E-state index contributed by atoms with van der Waals surface area (Å²) in [6, 6.07) is 15.6. The average Bonchev–Trinajstić information content (AvgIpc) is 2.86. The largest absolute Gasteiger partial charge is 0.354 e. The monoisotopic (exact) mass is 322 g/mol. The number of rotatable bonds is 5. The van der Waals surface area contributed by atoms with Gasteiger partial charge in [0.25, 0.3) is 11.8 Å². The Morgan fingerprint density at radius 3 is 2.08 bits per heavy atom. The number of nitrogens with zero attached hydrogens (tertiary/aromatic N) is 1. The molecule has 0 saturated carbocycles. The summed E-state index contributed by atoms with van der Waals surface area (Å²) < 4.78 is 0. The van der Waals surface area contributed by atoms with Gasteiger partial charge < -0.3 is 5.32 Å². The van der Waals surface area contributed by atoms with Crippen molar-refractivity contribution in [2.75, 3.05) is 6.54 Å². The van der Waals surface area contributed by atoms with Gasteiger partial charge in [0.05, 0.1) is 11.1 Å². The van der Waals surface area contributed by atoms with Gasteiger partial charge in [-0.2, -0.15) is 0 Å². The SMILES string of the molecule is CC(C(=O)NCCc1ccccc1)N1C(=O)c2ccccc2C1=O. The molecule has 2 aromatic carbocycles. The lowest BCUT2D eigenvalue weighted by Crippen LogP contribution is -2.48. The number of carbonyl (C=O) groups excluding carboxylic acids is 3. The summed E-state index contributed by atoms with van der Waals surface area (Å²) >= 11 is 0. The molecule has 0 saturated heterocycles. The smallest absolute Gasteiger partial charge is 0.262 e. The number of hydrogen-bond acceptors (Lipinski definition) is 3. The highest BCUT2D eigenvalue weighted by Gasteiger charge is 2.40. The van der Waals surface area contributed by atoms with Crippen LogP contribution in [0, 0.1) is 0 Å². The van der Waals surface area contributed by atoms with Crippen molar-refractivity contribution in [3.05, 3.63) is 71.3 Å². The van der Waals surface area contributed by atoms with Crippen molar-refractivity contribution >= 4 is 17.7 Å². The number of imide groups is 1. The van der Waals surface area contributed by atoms with E-state index in [1.165, 1.54) is 0 Å². The maximum Gasteiger partial charge on any atom is 0.262 e. The Morgan fingerprint density at radius 2 is 1.50 bits per heavy atom. The summed E-state index contributed by atoms with van der Waals surface area (Å²) in [6.07, 6.45) is 0.696. The Balaban J connectivity index is 1.62. The van der Waals surface area contributed by atoms with Crippen molar-refractivity contribution in [1.29, 1.82) is 0 Å². The Morgan fingerprint density at radius 1 is 0.958 bits per heavy atom. The van der Waals surface area contributed by atoms with Crippen LogP contribution in [-0.2, 0) is 11.2 Å². The first kappa shape index (κ1) is 15.9. The van der Waals surface area contributed by atoms with E-state index in [-0.39, 0.29) is 5.91 Å². The van der Waals surface area contributed by atoms with E-state index in [0.29, 0.717) is 24.1 Å². The van der Waals surface area contributed by atoms with E-state index in [2.05, 4.69) is 5.32 Å². The Labute approximate surface area is 140 Å². The molecule has 3 amide bonds. The molecule has 122 valence electrons. The molecule has 2 aromatic rings. The molecule has 0 aromatic heterocycles. The third-order valence-corrected chi connectivity index (χ3v) is 4.15. The van der Waals surface area contributed by atoms with Crippen LogP contribution in [0.25, 0.3) is 0 Å². The van der Waals surface area contributed by atoms with Crippen molar-refractivity contribution in [3.63, 3.8) is 0 Å². The summed E-state index contributed by atoms with van der Waals surface area (Å²) in [7, 11) is 0. The molecule has 1 aliphatic heterocycles. The van der Waals surface area contributed by atoms with E-state index in [1.54, 1.807) is 31.2 Å². The molecule has 0 bridgehead atoms. The zero-order valence-electron chi connectivity index (χ0n) is 13.4. The van der Waals surface area contributed by atoms with Crippen LogP contribution in [0.15, 0.2) is 54.6 Å². The minimum atomic E-state index is -0.840. The molecule has 1 aliphatic rings. The predicted molar refractivity (Wildman–Crippen MR) is 89.6 cm³/mol. The Kier molecular flexibility index (Phi) is 4.42. The Bertz CT molecular complexity index is 751. The highest BCUT2D eigenvalue weighted by Crippen LogP contribution is 2.24. The molecular weight excluding hydrogens is 304 g/mol. The second kappa shape index (κ2) is 6.66. The first-order valence-electron chi connectivity index (χ1n) is 7.88. The second-order valence-electron chi connectivity index (χ2n) is 5.73. The number of carbonyl (C=O) groups is 3. The van der Waals surface area contributed by atoms with Crippen molar-refractivity contribution < 1.29 is 14.4 Å². The maximum absolute atomic E-state index is 12.4. The quantitative estimate of drug-likeness (QED) is 0.857. The highest BCUT2D eigenvalue weighted by atomic mass is 16.2. The van der Waals surface area contributed by atoms with Crippen molar-refractivity contribution in [3.8, 4) is 0 Å². The van der Waals surface area contributed by atoms with Crippen LogP contribution in [0.2, 0.25) is 0 Å². The van der Waals surface area contributed by atoms with E-state index in [1.807, 2.05) is 30.3 Å². The minimum Gasteiger partial charge on any atom is -0.354 e. The third kappa shape index (κ3) is 2.93. The van der Waals surface area contributed by atoms with Crippen LogP contribution < -0.4 is 5.32 Å². The molecular formula is C19H18N2O3. The van der Waals surface area contributed by atoms with Crippen LogP contribution in [-0.4, -0.2) is 35.2 Å². The fourth-order valence-corrected chi connectivity index (χ4v) is 2.80. The molecule has 3 rings (SSSR count). The topological polar surface area (TPSA) is 66.5 Å². The fraction of sp³-hybridized carbons (Fsp3) is 0.211. The maximum atomic E-state index is 12.4. The Hall–Kier alpha value is -2.95. The van der Waals surface area contributed by atoms with E-state index < -0.39 is 17.9 Å². The lowest BCUT2D eigenvalue weighted by molar-refractivity contribution is -0.124. The van der Waals surface area contributed by atoms with Crippen LogP contribution >= 0.6 is 0 Å². The highest BCUT2D eigenvalue weighted by molar-refractivity contribution is 6.22. The molecule has 5 nitrogen and oxygen atoms in total. The van der Waals surface area contributed by atoms with Gasteiger partial charge in [-0.3, -0.25) is 19.3 Å². The molecule has 0 radical (unpaired) electrons. The summed E-state index contributed by atoms with van der Waals surface area (Å²) in [5, 5.41) is 2.79. The second-order valence-corrected chi connectivity index (χ2v) is 5.73. The predicted octanol–water partition coefficient (Wildman–Crippen LogP) is 2.03. The molecule has 0 aliphatic carbocycles. The fourth-order valence-electron chi connectivity index (χ4n) is 2.80. The number of benzene rings is 2. The zero-order valence-corrected chi connectivity index (χ0v) is 13.4. The molecule has 0 fully saturated rings. The van der Waals surface area contributed by atoms with Gasteiger partial charge in [0.1, 0.15) is 6.04 Å². The molecule has 24 heavy (non-hydrogen) atoms. The first-order valence-corrected chi connectivity index (χ1v) is 7.88. The van der Waals surface area contributed by atoms with Gasteiger partial charge in [0.2, 0.25) is 5.91 Å². The van der Waals surface area contributed by atoms with E-state index in [9.17, 15) is 14.4 Å². The molecule has 1 N–H and O–H groups in total. The third-order valence-electron chi connectivity index (χ3n) is 4.15. The van der Waals surface area contributed by atoms with Crippen LogP contribution in [0.5, 0.6) is 0 Å². The van der Waals surface area contributed by atoms with Gasteiger partial charge in [-0.15, -0.1) is 0 Å². The summed E-state index contributed by atoms with van der Waals surface area (Å²) in [4.78, 5) is 38.1. The van der Waals surface area contributed by atoms with Gasteiger partial charge in [0.15, 0.2) is 0 Å². The number of nitrogens with one attached hydrogen (secondary N) is 1. The number of amides is 3. The molecule has 1 unspecified atom stereocenters.